The fourth-order valence-electron chi connectivity index (χ4n) is 3.24. The number of anilines is 1. The first kappa shape index (κ1) is 29.0. The van der Waals surface area contributed by atoms with Gasteiger partial charge in [-0.15, -0.1) is 0 Å². The van der Waals surface area contributed by atoms with Gasteiger partial charge >= 0.3 is 6.09 Å². The lowest BCUT2D eigenvalue weighted by atomic mass is 10.1. The number of carbonyl (C=O) groups is 1. The van der Waals surface area contributed by atoms with Crippen LogP contribution in [0.3, 0.4) is 0 Å². The SMILES string of the molecule is C=C(C)C(CCN(C)N=N[C@H](C)C(C)N(CC)C(=O)OC(C)(C)C)Nc1ccc(CC#N)cc1. The Bertz CT molecular complexity index is 854. The number of nitrogens with zero attached hydrogens (tertiary/aromatic N) is 5. The summed E-state index contributed by atoms with van der Waals surface area (Å²) in [5.41, 5.74) is 2.48. The molecule has 8 nitrogen and oxygen atoms in total. The van der Waals surface area contributed by atoms with Gasteiger partial charge in [-0.3, -0.25) is 5.01 Å². The first-order chi connectivity index (χ1) is 15.9. The van der Waals surface area contributed by atoms with Crippen molar-refractivity contribution in [2.24, 2.45) is 10.3 Å². The summed E-state index contributed by atoms with van der Waals surface area (Å²) in [6, 6.07) is 9.80. The van der Waals surface area contributed by atoms with E-state index in [-0.39, 0.29) is 24.2 Å². The number of rotatable bonds is 12. The lowest BCUT2D eigenvalue weighted by Crippen LogP contribution is -2.46. The average molecular weight is 471 g/mol. The molecule has 8 heteroatoms. The minimum absolute atomic E-state index is 0.0820. The molecule has 0 saturated carbocycles. The maximum absolute atomic E-state index is 12.5. The average Bonchev–Trinajstić information content (AvgIpc) is 2.75. The van der Waals surface area contributed by atoms with E-state index >= 15 is 0 Å². The monoisotopic (exact) mass is 470 g/mol. The molecule has 0 aromatic heterocycles. The number of hydrogen-bond donors (Lipinski definition) is 1. The van der Waals surface area contributed by atoms with E-state index in [4.69, 9.17) is 10.00 Å². The number of likely N-dealkylation sites (N-methyl/N-ethyl adjacent to an activating group) is 1. The summed E-state index contributed by atoms with van der Waals surface area (Å²) >= 11 is 0. The van der Waals surface area contributed by atoms with Crippen molar-refractivity contribution in [3.05, 3.63) is 42.0 Å². The summed E-state index contributed by atoms with van der Waals surface area (Å²) < 4.78 is 5.52. The highest BCUT2D eigenvalue weighted by Gasteiger charge is 2.28. The molecule has 2 unspecified atom stereocenters. The van der Waals surface area contributed by atoms with Crippen LogP contribution in [0.1, 0.15) is 60.5 Å². The van der Waals surface area contributed by atoms with E-state index in [0.29, 0.717) is 19.5 Å². The maximum atomic E-state index is 12.5. The van der Waals surface area contributed by atoms with Gasteiger partial charge in [-0.1, -0.05) is 29.5 Å². The summed E-state index contributed by atoms with van der Waals surface area (Å²) in [5, 5.41) is 22.9. The number of amides is 1. The van der Waals surface area contributed by atoms with E-state index < -0.39 is 5.60 Å². The van der Waals surface area contributed by atoms with Crippen LogP contribution in [-0.2, 0) is 11.2 Å². The molecule has 0 spiro atoms. The summed E-state index contributed by atoms with van der Waals surface area (Å²) in [5.74, 6) is 0. The molecule has 0 aliphatic heterocycles. The Morgan fingerprint density at radius 2 is 1.88 bits per heavy atom. The number of hydrogen-bond acceptors (Lipinski definition) is 6. The molecule has 0 fully saturated rings. The summed E-state index contributed by atoms with van der Waals surface area (Å²) in [6.45, 7) is 18.8. The fraction of sp³-hybridized carbons (Fsp3) is 0.615. The van der Waals surface area contributed by atoms with Crippen molar-refractivity contribution in [3.8, 4) is 6.07 Å². The molecule has 0 saturated heterocycles. The van der Waals surface area contributed by atoms with E-state index in [0.717, 1.165) is 23.2 Å². The molecule has 1 aromatic carbocycles. The Morgan fingerprint density at radius 3 is 2.38 bits per heavy atom. The predicted molar refractivity (Wildman–Crippen MR) is 138 cm³/mol. The molecular formula is C26H42N6O2. The van der Waals surface area contributed by atoms with Gasteiger partial charge in [0.1, 0.15) is 5.60 Å². The zero-order valence-electron chi connectivity index (χ0n) is 22.1. The topological polar surface area (TPSA) is 93.3 Å². The first-order valence-electron chi connectivity index (χ1n) is 11.9. The van der Waals surface area contributed by atoms with Crippen LogP contribution in [0.2, 0.25) is 0 Å². The highest BCUT2D eigenvalue weighted by atomic mass is 16.6. The Hall–Kier alpha value is -3.08. The number of nitrogens with one attached hydrogen (secondary N) is 1. The Kier molecular flexibility index (Phi) is 11.6. The standard InChI is InChI=1S/C26H42N6O2/c1-10-32(25(33)34-26(6,7)8)21(5)20(4)29-30-31(9)18-16-24(19(2)3)28-23-13-11-22(12-14-23)15-17-27/h11-14,20-21,24,28H,2,10,15-16,18H2,1,3-9H3/t20-,21?,24?/m1/s1. The van der Waals surface area contributed by atoms with E-state index in [1.54, 1.807) is 9.91 Å². The van der Waals surface area contributed by atoms with Gasteiger partial charge in [-0.25, -0.2) is 4.79 Å². The molecule has 3 atom stereocenters. The predicted octanol–water partition coefficient (Wildman–Crippen LogP) is 5.83. The van der Waals surface area contributed by atoms with Gasteiger partial charge in [0.15, 0.2) is 0 Å². The highest BCUT2D eigenvalue weighted by molar-refractivity contribution is 5.68. The second-order valence-electron chi connectivity index (χ2n) is 9.70. The van der Waals surface area contributed by atoms with Gasteiger partial charge < -0.3 is 15.0 Å². The van der Waals surface area contributed by atoms with Crippen LogP contribution in [0.15, 0.2) is 46.8 Å². The third-order valence-electron chi connectivity index (χ3n) is 5.46. The van der Waals surface area contributed by atoms with Crippen LogP contribution in [0.25, 0.3) is 0 Å². The van der Waals surface area contributed by atoms with Crippen LogP contribution in [0.4, 0.5) is 10.5 Å². The van der Waals surface area contributed by atoms with Crippen LogP contribution < -0.4 is 5.32 Å². The van der Waals surface area contributed by atoms with Crippen molar-refractivity contribution in [2.45, 2.75) is 85.0 Å². The van der Waals surface area contributed by atoms with Crippen molar-refractivity contribution < 1.29 is 9.53 Å². The quantitative estimate of drug-likeness (QED) is 0.236. The van der Waals surface area contributed by atoms with Crippen LogP contribution in [0, 0.1) is 11.3 Å². The Labute approximate surface area is 205 Å². The zero-order chi connectivity index (χ0) is 25.9. The van der Waals surface area contributed by atoms with Gasteiger partial charge in [0.25, 0.3) is 0 Å². The minimum Gasteiger partial charge on any atom is -0.444 e. The van der Waals surface area contributed by atoms with Gasteiger partial charge in [0.05, 0.1) is 24.6 Å². The van der Waals surface area contributed by atoms with Crippen molar-refractivity contribution in [1.29, 1.82) is 5.26 Å². The summed E-state index contributed by atoms with van der Waals surface area (Å²) in [4.78, 5) is 14.2. The molecule has 1 amide bonds. The maximum Gasteiger partial charge on any atom is 0.410 e. The molecule has 0 aliphatic carbocycles. The van der Waals surface area contributed by atoms with Crippen LogP contribution in [-0.4, -0.2) is 59.9 Å². The molecule has 0 bridgehead atoms. The molecule has 188 valence electrons. The zero-order valence-corrected chi connectivity index (χ0v) is 22.1. The minimum atomic E-state index is -0.540. The van der Waals surface area contributed by atoms with E-state index in [2.05, 4.69) is 28.3 Å². The molecule has 0 aliphatic rings. The van der Waals surface area contributed by atoms with E-state index in [9.17, 15) is 4.79 Å². The lowest BCUT2D eigenvalue weighted by molar-refractivity contribution is 0.0167. The molecule has 1 aromatic rings. The molecule has 1 N–H and O–H groups in total. The summed E-state index contributed by atoms with van der Waals surface area (Å²) in [6.07, 6.45) is 0.868. The molecule has 1 rings (SSSR count). The third-order valence-corrected chi connectivity index (χ3v) is 5.46. The van der Waals surface area contributed by atoms with Crippen LogP contribution in [0.5, 0.6) is 0 Å². The molecule has 0 radical (unpaired) electrons. The Balaban J connectivity index is 2.65. The molecule has 34 heavy (non-hydrogen) atoms. The third kappa shape index (κ3) is 10.2. The van der Waals surface area contributed by atoms with Crippen molar-refractivity contribution in [3.63, 3.8) is 0 Å². The second kappa shape index (κ2) is 13.6. The number of benzene rings is 1. The lowest BCUT2D eigenvalue weighted by Gasteiger charge is -2.32. The smallest absolute Gasteiger partial charge is 0.410 e. The summed E-state index contributed by atoms with van der Waals surface area (Å²) in [7, 11) is 1.89. The fourth-order valence-corrected chi connectivity index (χ4v) is 3.24. The number of ether oxygens (including phenoxy) is 1. The normalized spacial score (nSPS) is 14.1. The molecule has 0 heterocycles. The van der Waals surface area contributed by atoms with E-state index in [1.807, 2.05) is 79.8 Å². The first-order valence-corrected chi connectivity index (χ1v) is 11.9. The van der Waals surface area contributed by atoms with Gasteiger partial charge in [-0.2, -0.15) is 10.4 Å². The number of carbonyl (C=O) groups excluding carboxylic acids is 1. The van der Waals surface area contributed by atoms with Crippen molar-refractivity contribution in [2.75, 3.05) is 25.5 Å². The molecular weight excluding hydrogens is 428 g/mol. The van der Waals surface area contributed by atoms with E-state index in [1.165, 1.54) is 0 Å². The van der Waals surface area contributed by atoms with Crippen molar-refractivity contribution >= 4 is 11.8 Å². The largest absolute Gasteiger partial charge is 0.444 e. The van der Waals surface area contributed by atoms with Gasteiger partial charge in [0, 0.05) is 31.9 Å². The van der Waals surface area contributed by atoms with Gasteiger partial charge in [-0.05, 0) is 72.6 Å². The number of nitriles is 1. The Morgan fingerprint density at radius 1 is 1.26 bits per heavy atom. The second-order valence-corrected chi connectivity index (χ2v) is 9.70. The highest BCUT2D eigenvalue weighted by Crippen LogP contribution is 2.17. The van der Waals surface area contributed by atoms with Gasteiger partial charge in [0.2, 0.25) is 0 Å². The van der Waals surface area contributed by atoms with Crippen molar-refractivity contribution in [1.82, 2.24) is 9.91 Å². The van der Waals surface area contributed by atoms with Crippen LogP contribution >= 0.6 is 0 Å².